The smallest absolute Gasteiger partial charge is 0.183 e. The first-order valence-corrected chi connectivity index (χ1v) is 5.90. The minimum Gasteiger partial charge on any atom is -0.378 e. The van der Waals surface area contributed by atoms with Crippen LogP contribution >= 0.6 is 22.9 Å². The van der Waals surface area contributed by atoms with Crippen molar-refractivity contribution in [2.45, 2.75) is 13.8 Å². The molecule has 0 fully saturated rings. The lowest BCUT2D eigenvalue weighted by Gasteiger charge is -2.02. The molecule has 1 aromatic rings. The van der Waals surface area contributed by atoms with Gasteiger partial charge in [0.05, 0.1) is 18.9 Å². The van der Waals surface area contributed by atoms with E-state index < -0.39 is 0 Å². The molecule has 1 aromatic heterocycles. The van der Waals surface area contributed by atoms with Gasteiger partial charge in [-0.2, -0.15) is 0 Å². The highest BCUT2D eigenvalue weighted by Gasteiger charge is 2.01. The summed E-state index contributed by atoms with van der Waals surface area (Å²) >= 11 is 7.14. The summed E-state index contributed by atoms with van der Waals surface area (Å²) in [6, 6.07) is 0. The molecule has 0 aliphatic carbocycles. The number of halogens is 1. The standard InChI is InChI=1S/C9H15ClN2OS/c1-7-8(2)14-9(12-7)11-4-6-13-5-3-10/h3-6H2,1-2H3,(H,11,12). The molecular formula is C9H15ClN2OS. The van der Waals surface area contributed by atoms with Gasteiger partial charge in [-0.1, -0.05) is 0 Å². The van der Waals surface area contributed by atoms with Crippen LogP contribution in [0, 0.1) is 13.8 Å². The molecule has 0 saturated heterocycles. The van der Waals surface area contributed by atoms with Gasteiger partial charge >= 0.3 is 0 Å². The van der Waals surface area contributed by atoms with Gasteiger partial charge in [-0.05, 0) is 13.8 Å². The Morgan fingerprint density at radius 3 is 2.79 bits per heavy atom. The van der Waals surface area contributed by atoms with E-state index in [2.05, 4.69) is 17.2 Å². The predicted molar refractivity (Wildman–Crippen MR) is 61.6 cm³/mol. The summed E-state index contributed by atoms with van der Waals surface area (Å²) in [5.74, 6) is 0.551. The number of alkyl halides is 1. The number of thiazole rings is 1. The normalized spacial score (nSPS) is 10.5. The fraction of sp³-hybridized carbons (Fsp3) is 0.667. The maximum atomic E-state index is 5.47. The molecule has 0 radical (unpaired) electrons. The van der Waals surface area contributed by atoms with Gasteiger partial charge in [-0.3, -0.25) is 0 Å². The van der Waals surface area contributed by atoms with E-state index in [1.807, 2.05) is 6.92 Å². The Morgan fingerprint density at radius 1 is 1.43 bits per heavy atom. The molecule has 0 amide bonds. The Hall–Kier alpha value is -0.320. The Bertz CT molecular complexity index is 258. The van der Waals surface area contributed by atoms with Gasteiger partial charge in [0.25, 0.3) is 0 Å². The molecule has 14 heavy (non-hydrogen) atoms. The van der Waals surface area contributed by atoms with Gasteiger partial charge in [0.1, 0.15) is 0 Å². The van der Waals surface area contributed by atoms with E-state index in [4.69, 9.17) is 16.3 Å². The molecule has 0 unspecified atom stereocenters. The first-order chi connectivity index (χ1) is 6.74. The van der Waals surface area contributed by atoms with Crippen molar-refractivity contribution in [2.24, 2.45) is 0 Å². The van der Waals surface area contributed by atoms with Crippen LogP contribution in [-0.4, -0.2) is 30.6 Å². The minimum atomic E-state index is 0.551. The van der Waals surface area contributed by atoms with E-state index in [0.29, 0.717) is 19.1 Å². The number of nitrogens with one attached hydrogen (secondary N) is 1. The number of aromatic nitrogens is 1. The van der Waals surface area contributed by atoms with Crippen LogP contribution in [0.15, 0.2) is 0 Å². The van der Waals surface area contributed by atoms with Crippen LogP contribution in [-0.2, 0) is 4.74 Å². The number of hydrogen-bond donors (Lipinski definition) is 1. The molecule has 1 N–H and O–H groups in total. The van der Waals surface area contributed by atoms with Crippen LogP contribution in [0.5, 0.6) is 0 Å². The molecule has 0 aliphatic rings. The van der Waals surface area contributed by atoms with Crippen molar-refractivity contribution in [2.75, 3.05) is 31.0 Å². The second-order valence-electron chi connectivity index (χ2n) is 2.89. The van der Waals surface area contributed by atoms with Gasteiger partial charge < -0.3 is 10.1 Å². The highest BCUT2D eigenvalue weighted by Crippen LogP contribution is 2.20. The predicted octanol–water partition coefficient (Wildman–Crippen LogP) is 2.43. The summed E-state index contributed by atoms with van der Waals surface area (Å²) in [7, 11) is 0. The first-order valence-electron chi connectivity index (χ1n) is 4.55. The van der Waals surface area contributed by atoms with E-state index in [9.17, 15) is 0 Å². The number of aryl methyl sites for hydroxylation is 2. The van der Waals surface area contributed by atoms with Gasteiger partial charge in [0.2, 0.25) is 0 Å². The molecule has 1 heterocycles. The van der Waals surface area contributed by atoms with Crippen molar-refractivity contribution in [1.29, 1.82) is 0 Å². The van der Waals surface area contributed by atoms with Crippen molar-refractivity contribution in [1.82, 2.24) is 4.98 Å². The van der Waals surface area contributed by atoms with Crippen molar-refractivity contribution in [3.63, 3.8) is 0 Å². The molecular weight excluding hydrogens is 220 g/mol. The number of rotatable bonds is 6. The molecule has 0 aromatic carbocycles. The van der Waals surface area contributed by atoms with E-state index in [-0.39, 0.29) is 0 Å². The molecule has 5 heteroatoms. The topological polar surface area (TPSA) is 34.2 Å². The van der Waals surface area contributed by atoms with Gasteiger partial charge in [-0.25, -0.2) is 4.98 Å². The maximum Gasteiger partial charge on any atom is 0.183 e. The molecule has 0 atom stereocenters. The summed E-state index contributed by atoms with van der Waals surface area (Å²) in [6.07, 6.45) is 0. The largest absolute Gasteiger partial charge is 0.378 e. The zero-order valence-corrected chi connectivity index (χ0v) is 10.0. The van der Waals surface area contributed by atoms with Crippen LogP contribution in [0.4, 0.5) is 5.13 Å². The lowest BCUT2D eigenvalue weighted by molar-refractivity contribution is 0.160. The minimum absolute atomic E-state index is 0.551. The Kier molecular flexibility index (Phi) is 5.22. The van der Waals surface area contributed by atoms with Gasteiger partial charge in [-0.15, -0.1) is 22.9 Å². The lowest BCUT2D eigenvalue weighted by Crippen LogP contribution is -2.10. The van der Waals surface area contributed by atoms with E-state index in [1.165, 1.54) is 4.88 Å². The Labute approximate surface area is 93.4 Å². The average molecular weight is 235 g/mol. The Morgan fingerprint density at radius 2 is 2.21 bits per heavy atom. The van der Waals surface area contributed by atoms with Crippen molar-refractivity contribution >= 4 is 28.1 Å². The summed E-state index contributed by atoms with van der Waals surface area (Å²) in [5.41, 5.74) is 1.10. The van der Waals surface area contributed by atoms with Crippen molar-refractivity contribution in [3.05, 3.63) is 10.6 Å². The first kappa shape index (κ1) is 11.8. The highest BCUT2D eigenvalue weighted by atomic mass is 35.5. The molecule has 1 rings (SSSR count). The summed E-state index contributed by atoms with van der Waals surface area (Å²) < 4.78 is 5.22. The van der Waals surface area contributed by atoms with E-state index in [1.54, 1.807) is 11.3 Å². The van der Waals surface area contributed by atoms with Crippen molar-refractivity contribution < 1.29 is 4.74 Å². The molecule has 0 bridgehead atoms. The average Bonchev–Trinajstić information content (AvgIpc) is 2.46. The number of hydrogen-bond acceptors (Lipinski definition) is 4. The molecule has 0 spiro atoms. The van der Waals surface area contributed by atoms with E-state index in [0.717, 1.165) is 17.4 Å². The lowest BCUT2D eigenvalue weighted by atomic mass is 10.4. The van der Waals surface area contributed by atoms with Crippen LogP contribution < -0.4 is 5.32 Å². The number of nitrogens with zero attached hydrogens (tertiary/aromatic N) is 1. The molecule has 0 saturated carbocycles. The van der Waals surface area contributed by atoms with Crippen LogP contribution in [0.1, 0.15) is 10.6 Å². The van der Waals surface area contributed by atoms with Crippen molar-refractivity contribution in [3.8, 4) is 0 Å². The highest BCUT2D eigenvalue weighted by molar-refractivity contribution is 7.15. The second kappa shape index (κ2) is 6.22. The SMILES string of the molecule is Cc1nc(NCCOCCCl)sc1C. The third kappa shape index (κ3) is 3.82. The zero-order valence-electron chi connectivity index (χ0n) is 8.47. The summed E-state index contributed by atoms with van der Waals surface area (Å²) in [5, 5.41) is 4.17. The molecule has 0 aliphatic heterocycles. The third-order valence-electron chi connectivity index (χ3n) is 1.77. The third-order valence-corrected chi connectivity index (χ3v) is 2.96. The Balaban J connectivity index is 2.18. The fourth-order valence-electron chi connectivity index (χ4n) is 0.935. The second-order valence-corrected chi connectivity index (χ2v) is 4.47. The summed E-state index contributed by atoms with van der Waals surface area (Å²) in [4.78, 5) is 5.61. The van der Waals surface area contributed by atoms with Gasteiger partial charge in [0, 0.05) is 17.3 Å². The molecule has 3 nitrogen and oxygen atoms in total. The van der Waals surface area contributed by atoms with Crippen LogP contribution in [0.25, 0.3) is 0 Å². The monoisotopic (exact) mass is 234 g/mol. The summed E-state index contributed by atoms with van der Waals surface area (Å²) in [6.45, 7) is 6.15. The van der Waals surface area contributed by atoms with Gasteiger partial charge in [0.15, 0.2) is 5.13 Å². The molecule has 80 valence electrons. The maximum absolute atomic E-state index is 5.47. The van der Waals surface area contributed by atoms with Crippen LogP contribution in [0.2, 0.25) is 0 Å². The van der Waals surface area contributed by atoms with Crippen LogP contribution in [0.3, 0.4) is 0 Å². The quantitative estimate of drug-likeness (QED) is 0.607. The number of anilines is 1. The van der Waals surface area contributed by atoms with E-state index >= 15 is 0 Å². The number of ether oxygens (including phenoxy) is 1. The zero-order chi connectivity index (χ0) is 10.4. The fourth-order valence-corrected chi connectivity index (χ4v) is 1.88.